The van der Waals surface area contributed by atoms with E-state index in [4.69, 9.17) is 15.7 Å². The van der Waals surface area contributed by atoms with Gasteiger partial charge in [-0.3, -0.25) is 9.88 Å². The van der Waals surface area contributed by atoms with E-state index in [1.807, 2.05) is 20.0 Å². The van der Waals surface area contributed by atoms with Gasteiger partial charge in [0.25, 0.3) is 5.95 Å². The van der Waals surface area contributed by atoms with Crippen molar-refractivity contribution in [1.29, 1.82) is 0 Å². The summed E-state index contributed by atoms with van der Waals surface area (Å²) in [6.45, 7) is 14.6. The van der Waals surface area contributed by atoms with Crippen LogP contribution in [0.1, 0.15) is 80.3 Å². The maximum Gasteiger partial charge on any atom is 0.250 e. The second kappa shape index (κ2) is 13.2. The first-order chi connectivity index (χ1) is 19.3. The van der Waals surface area contributed by atoms with Crippen LogP contribution >= 0.6 is 0 Å². The molecule has 0 aromatic carbocycles. The average Bonchev–Trinajstić information content (AvgIpc) is 3.80. The monoisotopic (exact) mass is 550 g/mol. The van der Waals surface area contributed by atoms with Gasteiger partial charge >= 0.3 is 0 Å². The maximum absolute atomic E-state index is 13.7. The van der Waals surface area contributed by atoms with Crippen LogP contribution in [0, 0.1) is 18.7 Å². The summed E-state index contributed by atoms with van der Waals surface area (Å²) in [5.41, 5.74) is 12.0. The number of hydrogen-bond acceptors (Lipinski definition) is 7. The van der Waals surface area contributed by atoms with Crippen molar-refractivity contribution >= 4 is 23.2 Å². The number of nitrogens with one attached hydrogen (secondary N) is 2. The lowest BCUT2D eigenvalue weighted by Crippen LogP contribution is -2.43. The lowest BCUT2D eigenvalue weighted by atomic mass is 9.97. The molecular formula is C30H40F2N8. The molecule has 40 heavy (non-hydrogen) atoms. The number of piperazine rings is 1. The molecule has 5 rings (SSSR count). The molecule has 214 valence electrons. The lowest BCUT2D eigenvalue weighted by molar-refractivity contribution is 0.233. The first-order valence-electron chi connectivity index (χ1n) is 14.1. The van der Waals surface area contributed by atoms with Gasteiger partial charge < -0.3 is 16.4 Å². The summed E-state index contributed by atoms with van der Waals surface area (Å²) in [5.74, 6) is -0.539. The number of amidine groups is 1. The molecule has 1 aliphatic carbocycles. The minimum absolute atomic E-state index is 0.175. The molecule has 1 saturated heterocycles. The zero-order valence-electron chi connectivity index (χ0n) is 24.1. The van der Waals surface area contributed by atoms with Crippen LogP contribution in [-0.4, -0.2) is 51.9 Å². The molecule has 4 N–H and O–H groups in total. The molecule has 1 saturated carbocycles. The van der Waals surface area contributed by atoms with Crippen LogP contribution in [0.5, 0.6) is 0 Å². The van der Waals surface area contributed by atoms with E-state index in [9.17, 15) is 8.78 Å². The Morgan fingerprint density at radius 1 is 1.18 bits per heavy atom. The van der Waals surface area contributed by atoms with Gasteiger partial charge in [-0.15, -0.1) is 0 Å². The van der Waals surface area contributed by atoms with Crippen LogP contribution in [0.4, 0.5) is 26.1 Å². The van der Waals surface area contributed by atoms with Gasteiger partial charge in [0, 0.05) is 50.7 Å². The molecule has 0 amide bonds. The number of halogens is 2. The Balaban J connectivity index is 0.00000181. The SMILES string of the molecule is CC.Cc1cc(F)c(F)nc1Nc1cc(C(N)=Nc2c(C(C)C)ncc(C3CC3)c2CN2CCNCC2)ccn1. The zero-order valence-corrected chi connectivity index (χ0v) is 24.1. The number of aromatic nitrogens is 3. The van der Waals surface area contributed by atoms with E-state index >= 15 is 0 Å². The van der Waals surface area contributed by atoms with Gasteiger partial charge in [-0.25, -0.2) is 14.4 Å². The smallest absolute Gasteiger partial charge is 0.250 e. The number of aliphatic imine (C=N–C) groups is 1. The van der Waals surface area contributed by atoms with Crippen LogP contribution in [0.3, 0.4) is 0 Å². The highest BCUT2D eigenvalue weighted by molar-refractivity contribution is 6.00. The van der Waals surface area contributed by atoms with E-state index in [1.54, 1.807) is 25.3 Å². The lowest BCUT2D eigenvalue weighted by Gasteiger charge is -2.29. The molecule has 8 nitrogen and oxygen atoms in total. The first kappa shape index (κ1) is 29.5. The second-order valence-corrected chi connectivity index (χ2v) is 10.4. The highest BCUT2D eigenvalue weighted by Gasteiger charge is 2.30. The Morgan fingerprint density at radius 3 is 2.58 bits per heavy atom. The largest absolute Gasteiger partial charge is 0.383 e. The number of rotatable bonds is 8. The molecule has 3 aromatic rings. The van der Waals surface area contributed by atoms with Crippen molar-refractivity contribution in [2.24, 2.45) is 10.7 Å². The van der Waals surface area contributed by atoms with Crippen LogP contribution < -0.4 is 16.4 Å². The van der Waals surface area contributed by atoms with Crippen LogP contribution in [0.2, 0.25) is 0 Å². The molecule has 2 fully saturated rings. The second-order valence-electron chi connectivity index (χ2n) is 10.4. The summed E-state index contributed by atoms with van der Waals surface area (Å²) in [4.78, 5) is 20.3. The molecule has 3 aromatic heterocycles. The van der Waals surface area contributed by atoms with Gasteiger partial charge in [-0.2, -0.15) is 9.37 Å². The Morgan fingerprint density at radius 2 is 1.90 bits per heavy atom. The minimum Gasteiger partial charge on any atom is -0.383 e. The molecule has 0 spiro atoms. The van der Waals surface area contributed by atoms with Crippen LogP contribution in [0.25, 0.3) is 0 Å². The van der Waals surface area contributed by atoms with Crippen LogP contribution in [-0.2, 0) is 6.54 Å². The standard InChI is InChI=1S/C28H34F2N8.C2H6/c1-16(2)24-25(21(15-38-10-8-32-9-11-38)20(14-34-24)18-4-5-18)36-27(31)19-6-7-33-23(13-19)35-28-17(3)12-22(29)26(30)37-28;1-2/h6-7,12-14,16,18,32H,4-5,8-11,15H2,1-3H3,(H2,31,36)(H,33,35,37);1-2H3. The van der Waals surface area contributed by atoms with Crippen molar-refractivity contribution in [1.82, 2.24) is 25.2 Å². The van der Waals surface area contributed by atoms with Crippen molar-refractivity contribution in [3.05, 3.63) is 70.3 Å². The summed E-state index contributed by atoms with van der Waals surface area (Å²) in [5, 5.41) is 6.39. The third kappa shape index (κ3) is 6.98. The molecule has 2 aliphatic rings. The van der Waals surface area contributed by atoms with Crippen molar-refractivity contribution in [2.75, 3.05) is 31.5 Å². The zero-order chi connectivity index (χ0) is 28.8. The minimum atomic E-state index is -1.17. The molecule has 0 unspecified atom stereocenters. The van der Waals surface area contributed by atoms with Gasteiger partial charge in [0.15, 0.2) is 5.82 Å². The van der Waals surface area contributed by atoms with Crippen LogP contribution in [0.15, 0.2) is 35.6 Å². The first-order valence-corrected chi connectivity index (χ1v) is 14.1. The Hall–Kier alpha value is -3.50. The number of nitrogens with zero attached hydrogens (tertiary/aromatic N) is 5. The Labute approximate surface area is 235 Å². The fourth-order valence-corrected chi connectivity index (χ4v) is 4.77. The summed E-state index contributed by atoms with van der Waals surface area (Å²) in [6.07, 6.45) is 5.99. The molecule has 4 heterocycles. The molecule has 1 aliphatic heterocycles. The predicted octanol–water partition coefficient (Wildman–Crippen LogP) is 5.67. The van der Waals surface area contributed by atoms with Crippen molar-refractivity contribution in [3.8, 4) is 0 Å². The summed E-state index contributed by atoms with van der Waals surface area (Å²) in [7, 11) is 0. The summed E-state index contributed by atoms with van der Waals surface area (Å²) < 4.78 is 27.2. The van der Waals surface area contributed by atoms with Gasteiger partial charge in [-0.05, 0) is 66.5 Å². The summed E-state index contributed by atoms with van der Waals surface area (Å²) in [6, 6.07) is 4.60. The Bertz CT molecular complexity index is 1350. The predicted molar refractivity (Wildman–Crippen MR) is 157 cm³/mol. The van der Waals surface area contributed by atoms with Crippen molar-refractivity contribution in [3.63, 3.8) is 0 Å². The number of nitrogens with two attached hydrogens (primary N) is 1. The van der Waals surface area contributed by atoms with Gasteiger partial charge in [0.1, 0.15) is 17.5 Å². The number of pyridine rings is 3. The average molecular weight is 551 g/mol. The fourth-order valence-electron chi connectivity index (χ4n) is 4.77. The number of hydrogen-bond donors (Lipinski definition) is 3. The Kier molecular flexibility index (Phi) is 9.76. The van der Waals surface area contributed by atoms with E-state index in [0.29, 0.717) is 28.7 Å². The molecule has 0 atom stereocenters. The highest BCUT2D eigenvalue weighted by Crippen LogP contribution is 2.45. The molecule has 0 radical (unpaired) electrons. The third-order valence-corrected chi connectivity index (χ3v) is 7.03. The molecular weight excluding hydrogens is 510 g/mol. The van der Waals surface area contributed by atoms with Crippen molar-refractivity contribution in [2.45, 2.75) is 65.8 Å². The fraction of sp³-hybridized carbons (Fsp3) is 0.467. The van der Waals surface area contributed by atoms with E-state index < -0.39 is 11.8 Å². The highest BCUT2D eigenvalue weighted by atomic mass is 19.2. The van der Waals surface area contributed by atoms with E-state index in [0.717, 1.165) is 50.2 Å². The maximum atomic E-state index is 13.7. The van der Waals surface area contributed by atoms with Crippen molar-refractivity contribution < 1.29 is 8.78 Å². The van der Waals surface area contributed by atoms with E-state index in [2.05, 4.69) is 39.3 Å². The number of anilines is 2. The van der Waals surface area contributed by atoms with Gasteiger partial charge in [0.2, 0.25) is 0 Å². The normalized spacial score (nSPS) is 16.1. The third-order valence-electron chi connectivity index (χ3n) is 7.03. The molecule has 10 heteroatoms. The quantitative estimate of drug-likeness (QED) is 0.189. The molecule has 0 bridgehead atoms. The van der Waals surface area contributed by atoms with E-state index in [1.165, 1.54) is 24.0 Å². The van der Waals surface area contributed by atoms with Gasteiger partial charge in [-0.1, -0.05) is 27.7 Å². The van der Waals surface area contributed by atoms with Gasteiger partial charge in [0.05, 0.1) is 11.4 Å². The number of aryl methyl sites for hydroxylation is 1. The van der Waals surface area contributed by atoms with E-state index in [-0.39, 0.29) is 11.7 Å². The summed E-state index contributed by atoms with van der Waals surface area (Å²) >= 11 is 0. The topological polar surface area (TPSA) is 104 Å².